The van der Waals surface area contributed by atoms with E-state index in [9.17, 15) is 0 Å². The highest BCUT2D eigenvalue weighted by Crippen LogP contribution is 2.32. The molecule has 17 heavy (non-hydrogen) atoms. The summed E-state index contributed by atoms with van der Waals surface area (Å²) >= 11 is 11.2. The maximum Gasteiger partial charge on any atom is 0.136 e. The number of hydrogen-bond acceptors (Lipinski definition) is 3. The van der Waals surface area contributed by atoms with Crippen molar-refractivity contribution in [3.8, 4) is 11.3 Å². The molecule has 0 atom stereocenters. The summed E-state index contributed by atoms with van der Waals surface area (Å²) in [6.45, 7) is 6.22. The quantitative estimate of drug-likeness (QED) is 0.693. The standard InChI is InChI=1S/C12H12BrClN2S/c1-12(2,3)11-15-9(4-10(14)16-11)7-5-17-6-8(7)13/h4-6H,1-3H3. The van der Waals surface area contributed by atoms with Gasteiger partial charge >= 0.3 is 0 Å². The van der Waals surface area contributed by atoms with Crippen LogP contribution in [0, 0.1) is 0 Å². The Kier molecular flexibility index (Phi) is 3.57. The highest BCUT2D eigenvalue weighted by Gasteiger charge is 2.19. The summed E-state index contributed by atoms with van der Waals surface area (Å²) in [5.74, 6) is 0.762. The molecule has 0 N–H and O–H groups in total. The third kappa shape index (κ3) is 2.87. The zero-order valence-electron chi connectivity index (χ0n) is 9.79. The normalized spacial score (nSPS) is 11.8. The van der Waals surface area contributed by atoms with Gasteiger partial charge in [-0.25, -0.2) is 9.97 Å². The molecule has 2 aromatic rings. The van der Waals surface area contributed by atoms with Gasteiger partial charge in [0.05, 0.1) is 5.69 Å². The molecule has 0 aromatic carbocycles. The monoisotopic (exact) mass is 330 g/mol. The smallest absolute Gasteiger partial charge is 0.136 e. The van der Waals surface area contributed by atoms with Crippen molar-refractivity contribution in [2.75, 3.05) is 0 Å². The molecule has 2 nitrogen and oxygen atoms in total. The minimum atomic E-state index is -0.109. The Morgan fingerprint density at radius 3 is 2.47 bits per heavy atom. The van der Waals surface area contributed by atoms with E-state index in [1.807, 2.05) is 5.38 Å². The number of nitrogens with zero attached hydrogens (tertiary/aromatic N) is 2. The van der Waals surface area contributed by atoms with Crippen LogP contribution in [0.3, 0.4) is 0 Å². The van der Waals surface area contributed by atoms with Gasteiger partial charge in [0, 0.05) is 32.3 Å². The molecule has 0 aliphatic carbocycles. The van der Waals surface area contributed by atoms with Crippen LogP contribution in [-0.4, -0.2) is 9.97 Å². The van der Waals surface area contributed by atoms with Crippen molar-refractivity contribution in [2.45, 2.75) is 26.2 Å². The van der Waals surface area contributed by atoms with Crippen molar-refractivity contribution in [3.05, 3.63) is 32.3 Å². The minimum Gasteiger partial charge on any atom is -0.232 e. The first kappa shape index (κ1) is 13.0. The predicted molar refractivity (Wildman–Crippen MR) is 76.8 cm³/mol. The van der Waals surface area contributed by atoms with Crippen LogP contribution in [-0.2, 0) is 5.41 Å². The Hall–Kier alpha value is -0.450. The lowest BCUT2D eigenvalue weighted by Gasteiger charge is -2.17. The summed E-state index contributed by atoms with van der Waals surface area (Å²) < 4.78 is 1.04. The Bertz CT molecular complexity index is 546. The minimum absolute atomic E-state index is 0.109. The van der Waals surface area contributed by atoms with E-state index in [2.05, 4.69) is 52.0 Å². The molecule has 0 amide bonds. The van der Waals surface area contributed by atoms with Crippen molar-refractivity contribution in [2.24, 2.45) is 0 Å². The van der Waals surface area contributed by atoms with E-state index < -0.39 is 0 Å². The van der Waals surface area contributed by atoms with E-state index in [0.717, 1.165) is 21.6 Å². The molecule has 0 bridgehead atoms. The molecular formula is C12H12BrClN2S. The molecule has 0 spiro atoms. The van der Waals surface area contributed by atoms with Gasteiger partial charge in [-0.15, -0.1) is 0 Å². The van der Waals surface area contributed by atoms with Crippen molar-refractivity contribution in [3.63, 3.8) is 0 Å². The molecule has 0 aliphatic heterocycles. The van der Waals surface area contributed by atoms with E-state index in [0.29, 0.717) is 5.15 Å². The van der Waals surface area contributed by atoms with Gasteiger partial charge in [0.1, 0.15) is 11.0 Å². The molecule has 0 unspecified atom stereocenters. The average Bonchev–Trinajstić information content (AvgIpc) is 2.62. The summed E-state index contributed by atoms with van der Waals surface area (Å²) in [6.07, 6.45) is 0. The zero-order valence-corrected chi connectivity index (χ0v) is 12.9. The SMILES string of the molecule is CC(C)(C)c1nc(Cl)cc(-c2cscc2Br)n1. The maximum atomic E-state index is 6.06. The Balaban J connectivity index is 2.57. The number of aromatic nitrogens is 2. The molecule has 90 valence electrons. The molecule has 0 saturated carbocycles. The Labute approximate surface area is 118 Å². The lowest BCUT2D eigenvalue weighted by molar-refractivity contribution is 0.546. The lowest BCUT2D eigenvalue weighted by atomic mass is 9.95. The van der Waals surface area contributed by atoms with E-state index in [1.165, 1.54) is 0 Å². The average molecular weight is 332 g/mol. The second-order valence-corrected chi connectivity index (χ2v) is 6.77. The second kappa shape index (κ2) is 4.67. The van der Waals surface area contributed by atoms with Crippen LogP contribution >= 0.6 is 38.9 Å². The van der Waals surface area contributed by atoms with Crippen LogP contribution in [0.5, 0.6) is 0 Å². The largest absolute Gasteiger partial charge is 0.232 e. The van der Waals surface area contributed by atoms with Crippen LogP contribution < -0.4 is 0 Å². The molecule has 2 rings (SSSR count). The lowest BCUT2D eigenvalue weighted by Crippen LogP contribution is -2.16. The van der Waals surface area contributed by atoms with Gasteiger partial charge in [0.15, 0.2) is 0 Å². The topological polar surface area (TPSA) is 25.8 Å². The molecule has 0 aliphatic rings. The number of thiophene rings is 1. The fourth-order valence-electron chi connectivity index (χ4n) is 1.36. The van der Waals surface area contributed by atoms with Gasteiger partial charge in [-0.1, -0.05) is 32.4 Å². The van der Waals surface area contributed by atoms with Crippen LogP contribution in [0.15, 0.2) is 21.3 Å². The number of halogens is 2. The van der Waals surface area contributed by atoms with Gasteiger partial charge in [-0.05, 0) is 15.9 Å². The van der Waals surface area contributed by atoms with Gasteiger partial charge < -0.3 is 0 Å². The van der Waals surface area contributed by atoms with E-state index in [-0.39, 0.29) is 5.41 Å². The van der Waals surface area contributed by atoms with Crippen LogP contribution in [0.4, 0.5) is 0 Å². The highest BCUT2D eigenvalue weighted by molar-refractivity contribution is 9.10. The van der Waals surface area contributed by atoms with Crippen molar-refractivity contribution in [1.29, 1.82) is 0 Å². The van der Waals surface area contributed by atoms with Gasteiger partial charge in [-0.2, -0.15) is 11.3 Å². The van der Waals surface area contributed by atoms with E-state index >= 15 is 0 Å². The van der Waals surface area contributed by atoms with Gasteiger partial charge in [-0.3, -0.25) is 0 Å². The predicted octanol–water partition coefficient (Wildman–Crippen LogP) is 4.92. The fourth-order valence-corrected chi connectivity index (χ4v) is 3.03. The van der Waals surface area contributed by atoms with Crippen molar-refractivity contribution < 1.29 is 0 Å². The fraction of sp³-hybridized carbons (Fsp3) is 0.333. The van der Waals surface area contributed by atoms with Crippen LogP contribution in [0.25, 0.3) is 11.3 Å². The third-order valence-electron chi connectivity index (χ3n) is 2.26. The number of hydrogen-bond donors (Lipinski definition) is 0. The maximum absolute atomic E-state index is 6.06. The second-order valence-electron chi connectivity index (χ2n) is 4.78. The molecule has 2 aromatic heterocycles. The summed E-state index contributed by atoms with van der Waals surface area (Å²) in [6, 6.07) is 1.80. The molecule has 0 saturated heterocycles. The highest BCUT2D eigenvalue weighted by atomic mass is 79.9. The first-order chi connectivity index (χ1) is 7.88. The molecule has 2 heterocycles. The van der Waals surface area contributed by atoms with Gasteiger partial charge in [0.2, 0.25) is 0 Å². The van der Waals surface area contributed by atoms with Crippen molar-refractivity contribution >= 4 is 38.9 Å². The molecule has 0 radical (unpaired) electrons. The number of rotatable bonds is 1. The molecular weight excluding hydrogens is 320 g/mol. The summed E-state index contributed by atoms with van der Waals surface area (Å²) in [4.78, 5) is 8.88. The molecule has 5 heteroatoms. The summed E-state index contributed by atoms with van der Waals surface area (Å²) in [5.41, 5.74) is 1.81. The summed E-state index contributed by atoms with van der Waals surface area (Å²) in [7, 11) is 0. The van der Waals surface area contributed by atoms with Crippen LogP contribution in [0.2, 0.25) is 5.15 Å². The van der Waals surface area contributed by atoms with E-state index in [1.54, 1.807) is 17.4 Å². The Morgan fingerprint density at radius 2 is 1.94 bits per heavy atom. The first-order valence-electron chi connectivity index (χ1n) is 5.15. The van der Waals surface area contributed by atoms with Gasteiger partial charge in [0.25, 0.3) is 0 Å². The summed E-state index contributed by atoms with van der Waals surface area (Å²) in [5, 5.41) is 4.56. The first-order valence-corrected chi connectivity index (χ1v) is 7.26. The third-order valence-corrected chi connectivity index (χ3v) is 4.15. The zero-order chi connectivity index (χ0) is 12.6. The molecule has 0 fully saturated rings. The van der Waals surface area contributed by atoms with Crippen LogP contribution in [0.1, 0.15) is 26.6 Å². The van der Waals surface area contributed by atoms with E-state index in [4.69, 9.17) is 11.6 Å². The van der Waals surface area contributed by atoms with Crippen molar-refractivity contribution in [1.82, 2.24) is 9.97 Å². The Morgan fingerprint density at radius 1 is 1.24 bits per heavy atom.